The SMILES string of the molecule is [Y].[c-]1ccccc1.c1ccc(CC2CC[CH-]CC2)cc1. The van der Waals surface area contributed by atoms with E-state index in [2.05, 4.69) is 42.8 Å². The zero-order valence-electron chi connectivity index (χ0n) is 12.0. The third-order valence-electron chi connectivity index (χ3n) is 3.53. The molecular weight excluding hydrogens is 317 g/mol. The minimum atomic E-state index is 0. The van der Waals surface area contributed by atoms with E-state index in [9.17, 15) is 0 Å². The van der Waals surface area contributed by atoms with Crippen molar-refractivity contribution in [3.8, 4) is 0 Å². The van der Waals surface area contributed by atoms with E-state index >= 15 is 0 Å². The monoisotopic (exact) mass is 339 g/mol. The van der Waals surface area contributed by atoms with Crippen molar-refractivity contribution < 1.29 is 32.7 Å². The van der Waals surface area contributed by atoms with E-state index in [1.165, 1.54) is 37.7 Å². The van der Waals surface area contributed by atoms with Crippen LogP contribution >= 0.6 is 0 Å². The van der Waals surface area contributed by atoms with Crippen LogP contribution < -0.4 is 0 Å². The van der Waals surface area contributed by atoms with Gasteiger partial charge in [-0.15, -0.1) is 0 Å². The molecule has 2 aromatic carbocycles. The molecule has 1 heteroatoms. The van der Waals surface area contributed by atoms with E-state index in [1.807, 2.05) is 30.3 Å². The Morgan fingerprint density at radius 3 is 2.00 bits per heavy atom. The molecule has 0 spiro atoms. The second-order valence-corrected chi connectivity index (χ2v) is 5.08. The Morgan fingerprint density at radius 2 is 1.50 bits per heavy atom. The van der Waals surface area contributed by atoms with Crippen molar-refractivity contribution in [2.75, 3.05) is 0 Å². The Morgan fingerprint density at radius 1 is 0.900 bits per heavy atom. The third-order valence-corrected chi connectivity index (χ3v) is 3.53. The normalized spacial score (nSPS) is 14.6. The predicted molar refractivity (Wildman–Crippen MR) is 81.7 cm³/mol. The van der Waals surface area contributed by atoms with Gasteiger partial charge in [0.2, 0.25) is 0 Å². The van der Waals surface area contributed by atoms with Gasteiger partial charge in [-0.1, -0.05) is 43.2 Å². The molecule has 1 fully saturated rings. The Labute approximate surface area is 148 Å². The van der Waals surface area contributed by atoms with Gasteiger partial charge in [-0.3, -0.25) is 0 Å². The maximum absolute atomic E-state index is 2.89. The van der Waals surface area contributed by atoms with Crippen LogP contribution in [0.4, 0.5) is 0 Å². The van der Waals surface area contributed by atoms with Crippen LogP contribution in [0.3, 0.4) is 0 Å². The van der Waals surface area contributed by atoms with Crippen molar-refractivity contribution in [2.45, 2.75) is 32.1 Å². The van der Waals surface area contributed by atoms with E-state index in [4.69, 9.17) is 0 Å². The van der Waals surface area contributed by atoms with Crippen molar-refractivity contribution in [1.82, 2.24) is 0 Å². The molecule has 2 aromatic rings. The first-order valence-electron chi connectivity index (χ1n) is 7.22. The van der Waals surface area contributed by atoms with E-state index in [0.717, 1.165) is 5.92 Å². The molecule has 1 saturated carbocycles. The second kappa shape index (κ2) is 11.2. The summed E-state index contributed by atoms with van der Waals surface area (Å²) in [5.41, 5.74) is 1.51. The van der Waals surface area contributed by atoms with Crippen molar-refractivity contribution in [1.29, 1.82) is 0 Å². The molecule has 0 bridgehead atoms. The van der Waals surface area contributed by atoms with Gasteiger partial charge in [0.15, 0.2) is 0 Å². The van der Waals surface area contributed by atoms with Crippen molar-refractivity contribution >= 4 is 0 Å². The average molecular weight is 339 g/mol. The zero-order chi connectivity index (χ0) is 13.2. The summed E-state index contributed by atoms with van der Waals surface area (Å²) in [6.07, 6.45) is 9.18. The molecule has 20 heavy (non-hydrogen) atoms. The second-order valence-electron chi connectivity index (χ2n) is 5.08. The van der Waals surface area contributed by atoms with Crippen LogP contribution in [-0.4, -0.2) is 0 Å². The summed E-state index contributed by atoms with van der Waals surface area (Å²) in [7, 11) is 0. The molecule has 3 rings (SSSR count). The van der Waals surface area contributed by atoms with Gasteiger partial charge in [0.1, 0.15) is 0 Å². The van der Waals surface area contributed by atoms with Gasteiger partial charge < -0.3 is 6.42 Å². The smallest absolute Gasteiger partial charge is 0 e. The third kappa shape index (κ3) is 7.36. The molecule has 0 nitrogen and oxygen atoms in total. The maximum atomic E-state index is 2.89. The van der Waals surface area contributed by atoms with Crippen molar-refractivity contribution in [2.24, 2.45) is 5.92 Å². The molecule has 0 atom stereocenters. The van der Waals surface area contributed by atoms with Crippen LogP contribution in [0.15, 0.2) is 60.7 Å². The zero-order valence-corrected chi connectivity index (χ0v) is 14.9. The summed E-state index contributed by atoms with van der Waals surface area (Å²) in [6, 6.07) is 23.4. The number of rotatable bonds is 2. The van der Waals surface area contributed by atoms with Crippen LogP contribution in [0.1, 0.15) is 31.2 Å². The Kier molecular flexibility index (Phi) is 9.88. The summed E-state index contributed by atoms with van der Waals surface area (Å²) in [4.78, 5) is 0. The van der Waals surface area contributed by atoms with Gasteiger partial charge in [0.25, 0.3) is 0 Å². The average Bonchev–Trinajstić information content (AvgIpc) is 2.52. The Bertz CT molecular complexity index is 391. The molecular formula is C19H22Y-2. The molecule has 0 amide bonds. The maximum Gasteiger partial charge on any atom is 0 e. The quantitative estimate of drug-likeness (QED) is 0.667. The summed E-state index contributed by atoms with van der Waals surface area (Å²) in [5.74, 6) is 0.937. The van der Waals surface area contributed by atoms with Crippen LogP contribution in [-0.2, 0) is 39.1 Å². The standard InChI is InChI=1S/C13H17.C6H5.Y/c1-3-7-12(8-4-1)11-13-9-5-2-6-10-13;1-2-4-6-5-3-1;/h1-4,7-8,13H,5-6,9-11H2;1-5H;/q2*-1;. The van der Waals surface area contributed by atoms with E-state index < -0.39 is 0 Å². The summed E-state index contributed by atoms with van der Waals surface area (Å²) < 4.78 is 0. The number of benzene rings is 2. The molecule has 0 heterocycles. The molecule has 1 aliphatic rings. The minimum absolute atomic E-state index is 0. The molecule has 0 N–H and O–H groups in total. The number of hydrogen-bond acceptors (Lipinski definition) is 0. The van der Waals surface area contributed by atoms with E-state index in [-0.39, 0.29) is 32.7 Å². The molecule has 103 valence electrons. The van der Waals surface area contributed by atoms with Gasteiger partial charge in [0.05, 0.1) is 0 Å². The van der Waals surface area contributed by atoms with Crippen LogP contribution in [0.2, 0.25) is 0 Å². The summed E-state index contributed by atoms with van der Waals surface area (Å²) in [6.45, 7) is 0. The molecule has 1 radical (unpaired) electrons. The van der Waals surface area contributed by atoms with Crippen LogP contribution in [0.5, 0.6) is 0 Å². The first-order chi connectivity index (χ1) is 9.45. The summed E-state index contributed by atoms with van der Waals surface area (Å²) in [5, 5.41) is 0. The van der Waals surface area contributed by atoms with Crippen molar-refractivity contribution in [3.05, 3.63) is 78.7 Å². The molecule has 0 unspecified atom stereocenters. The van der Waals surface area contributed by atoms with Crippen LogP contribution in [0.25, 0.3) is 0 Å². The fraction of sp³-hybridized carbons (Fsp3) is 0.316. The largest absolute Gasteiger partial charge is 0.328 e. The van der Waals surface area contributed by atoms with Gasteiger partial charge in [0, 0.05) is 32.7 Å². The molecule has 0 aromatic heterocycles. The summed E-state index contributed by atoms with van der Waals surface area (Å²) >= 11 is 0. The molecule has 1 aliphatic carbocycles. The Balaban J connectivity index is 0.000000243. The first kappa shape index (κ1) is 17.6. The molecule has 0 aliphatic heterocycles. The fourth-order valence-corrected chi connectivity index (χ4v) is 2.49. The van der Waals surface area contributed by atoms with Crippen LogP contribution in [0, 0.1) is 18.4 Å². The van der Waals surface area contributed by atoms with E-state index in [0.29, 0.717) is 0 Å². The van der Waals surface area contributed by atoms with Crippen molar-refractivity contribution in [3.63, 3.8) is 0 Å². The topological polar surface area (TPSA) is 0 Å². The van der Waals surface area contributed by atoms with Gasteiger partial charge in [-0.2, -0.15) is 49.2 Å². The van der Waals surface area contributed by atoms with E-state index in [1.54, 1.807) is 0 Å². The minimum Gasteiger partial charge on any atom is -0.328 e. The van der Waals surface area contributed by atoms with Gasteiger partial charge in [-0.25, -0.2) is 0 Å². The molecule has 0 saturated heterocycles. The number of hydrogen-bond donors (Lipinski definition) is 0. The Hall–Kier alpha value is -0.456. The fourth-order valence-electron chi connectivity index (χ4n) is 2.49. The van der Waals surface area contributed by atoms with Gasteiger partial charge >= 0.3 is 0 Å². The van der Waals surface area contributed by atoms with Gasteiger partial charge in [-0.05, 0) is 17.9 Å². The first-order valence-corrected chi connectivity index (χ1v) is 7.22. The predicted octanol–water partition coefficient (Wildman–Crippen LogP) is 5.11.